The Bertz CT molecular complexity index is 483. The summed E-state index contributed by atoms with van der Waals surface area (Å²) in [5, 5.41) is 5.84. The molecule has 0 bridgehead atoms. The van der Waals surface area contributed by atoms with Crippen LogP contribution in [0.4, 0.5) is 5.69 Å². The van der Waals surface area contributed by atoms with Gasteiger partial charge in [-0.2, -0.15) is 11.8 Å². The highest BCUT2D eigenvalue weighted by molar-refractivity contribution is 7.99. The molecule has 4 nitrogen and oxygen atoms in total. The van der Waals surface area contributed by atoms with Crippen LogP contribution in [-0.2, 0) is 9.59 Å². The number of thioether (sulfide) groups is 1. The summed E-state index contributed by atoms with van der Waals surface area (Å²) in [7, 11) is 0. The molecule has 1 fully saturated rings. The van der Waals surface area contributed by atoms with Gasteiger partial charge in [0.25, 0.3) is 0 Å². The van der Waals surface area contributed by atoms with Gasteiger partial charge in [-0.05, 0) is 43.7 Å². The van der Waals surface area contributed by atoms with Crippen LogP contribution >= 0.6 is 11.8 Å². The lowest BCUT2D eigenvalue weighted by atomic mass is 10.1. The minimum atomic E-state index is -0.0252. The molecule has 1 aliphatic rings. The van der Waals surface area contributed by atoms with E-state index in [-0.39, 0.29) is 23.8 Å². The molecule has 0 saturated heterocycles. The number of rotatable bonds is 6. The van der Waals surface area contributed by atoms with Gasteiger partial charge in [-0.25, -0.2) is 0 Å². The van der Waals surface area contributed by atoms with Crippen molar-refractivity contribution in [3.8, 4) is 0 Å². The van der Waals surface area contributed by atoms with Crippen molar-refractivity contribution in [3.63, 3.8) is 0 Å². The summed E-state index contributed by atoms with van der Waals surface area (Å²) in [4.78, 5) is 23.2. The first-order chi connectivity index (χ1) is 9.60. The second kappa shape index (κ2) is 6.79. The Morgan fingerprint density at radius 1 is 1.30 bits per heavy atom. The van der Waals surface area contributed by atoms with E-state index in [1.807, 2.05) is 37.4 Å². The summed E-state index contributed by atoms with van der Waals surface area (Å²) in [5.41, 5.74) is 1.84. The topological polar surface area (TPSA) is 58.2 Å². The Hall–Kier alpha value is -1.49. The Kier molecular flexibility index (Phi) is 5.06. The van der Waals surface area contributed by atoms with Crippen LogP contribution < -0.4 is 10.6 Å². The van der Waals surface area contributed by atoms with Gasteiger partial charge in [0.1, 0.15) is 0 Å². The summed E-state index contributed by atoms with van der Waals surface area (Å²) >= 11 is 1.51. The SMILES string of the molecule is CSCC(=O)N[C@@H](C)c1ccc(NC(=O)C2CC2)cc1. The zero-order valence-corrected chi connectivity index (χ0v) is 12.6. The van der Waals surface area contributed by atoms with Crippen LogP contribution in [-0.4, -0.2) is 23.8 Å². The molecule has 2 amide bonds. The highest BCUT2D eigenvalue weighted by atomic mass is 32.2. The number of hydrogen-bond donors (Lipinski definition) is 2. The molecule has 0 unspecified atom stereocenters. The zero-order valence-electron chi connectivity index (χ0n) is 11.8. The Morgan fingerprint density at radius 3 is 2.50 bits per heavy atom. The molecule has 2 N–H and O–H groups in total. The normalized spacial score (nSPS) is 15.5. The molecule has 5 heteroatoms. The second-order valence-corrected chi connectivity index (χ2v) is 5.97. The molecule has 0 spiro atoms. The first-order valence-corrected chi connectivity index (χ1v) is 8.18. The molecule has 1 aromatic carbocycles. The Morgan fingerprint density at radius 2 is 1.95 bits per heavy atom. The fourth-order valence-electron chi connectivity index (χ4n) is 1.94. The van der Waals surface area contributed by atoms with E-state index < -0.39 is 0 Å². The molecule has 1 atom stereocenters. The van der Waals surface area contributed by atoms with Gasteiger partial charge in [0, 0.05) is 11.6 Å². The number of nitrogens with one attached hydrogen (secondary N) is 2. The highest BCUT2D eigenvalue weighted by Gasteiger charge is 2.29. The van der Waals surface area contributed by atoms with Gasteiger partial charge in [-0.1, -0.05) is 12.1 Å². The Balaban J connectivity index is 1.89. The minimum absolute atomic E-state index is 0.0252. The van der Waals surface area contributed by atoms with E-state index in [0.717, 1.165) is 24.1 Å². The summed E-state index contributed by atoms with van der Waals surface area (Å²) in [5.74, 6) is 0.828. The summed E-state index contributed by atoms with van der Waals surface area (Å²) in [6.07, 6.45) is 3.91. The van der Waals surface area contributed by atoms with Gasteiger partial charge in [0.05, 0.1) is 11.8 Å². The zero-order chi connectivity index (χ0) is 14.5. The summed E-state index contributed by atoms with van der Waals surface area (Å²) in [6, 6.07) is 7.61. The molecule has 1 aliphatic carbocycles. The largest absolute Gasteiger partial charge is 0.349 e. The smallest absolute Gasteiger partial charge is 0.230 e. The number of hydrogen-bond acceptors (Lipinski definition) is 3. The van der Waals surface area contributed by atoms with Crippen LogP contribution in [0, 0.1) is 5.92 Å². The lowest BCUT2D eigenvalue weighted by molar-refractivity contribution is -0.119. The van der Waals surface area contributed by atoms with E-state index in [2.05, 4.69) is 10.6 Å². The summed E-state index contributed by atoms with van der Waals surface area (Å²) < 4.78 is 0. The number of amides is 2. The van der Waals surface area contributed by atoms with Crippen LogP contribution in [0.15, 0.2) is 24.3 Å². The van der Waals surface area contributed by atoms with Gasteiger partial charge in [-0.3, -0.25) is 9.59 Å². The average molecular weight is 292 g/mol. The molecule has 1 saturated carbocycles. The van der Waals surface area contributed by atoms with Crippen molar-refractivity contribution in [2.45, 2.75) is 25.8 Å². The minimum Gasteiger partial charge on any atom is -0.349 e. The number of carbonyl (C=O) groups is 2. The van der Waals surface area contributed by atoms with Gasteiger partial charge < -0.3 is 10.6 Å². The van der Waals surface area contributed by atoms with Crippen LogP contribution in [0.3, 0.4) is 0 Å². The maximum absolute atomic E-state index is 11.6. The predicted molar refractivity (Wildman–Crippen MR) is 82.7 cm³/mol. The maximum Gasteiger partial charge on any atom is 0.230 e. The van der Waals surface area contributed by atoms with E-state index >= 15 is 0 Å². The lowest BCUT2D eigenvalue weighted by Crippen LogP contribution is -2.28. The van der Waals surface area contributed by atoms with Crippen molar-refractivity contribution in [2.75, 3.05) is 17.3 Å². The first kappa shape index (κ1) is 14.9. The van der Waals surface area contributed by atoms with E-state index in [0.29, 0.717) is 5.75 Å². The van der Waals surface area contributed by atoms with E-state index in [4.69, 9.17) is 0 Å². The third-order valence-electron chi connectivity index (χ3n) is 3.28. The molecule has 0 radical (unpaired) electrons. The van der Waals surface area contributed by atoms with Gasteiger partial charge >= 0.3 is 0 Å². The maximum atomic E-state index is 11.6. The lowest BCUT2D eigenvalue weighted by Gasteiger charge is -2.14. The second-order valence-electron chi connectivity index (χ2n) is 5.11. The van der Waals surface area contributed by atoms with E-state index in [1.165, 1.54) is 11.8 Å². The fraction of sp³-hybridized carbons (Fsp3) is 0.467. The Labute approximate surface area is 123 Å². The van der Waals surface area contributed by atoms with Gasteiger partial charge in [0.2, 0.25) is 11.8 Å². The van der Waals surface area contributed by atoms with Gasteiger partial charge in [0.15, 0.2) is 0 Å². The van der Waals surface area contributed by atoms with Crippen molar-refractivity contribution in [2.24, 2.45) is 5.92 Å². The van der Waals surface area contributed by atoms with Crippen molar-refractivity contribution < 1.29 is 9.59 Å². The van der Waals surface area contributed by atoms with Crippen molar-refractivity contribution in [1.29, 1.82) is 0 Å². The van der Waals surface area contributed by atoms with E-state index in [9.17, 15) is 9.59 Å². The fourth-order valence-corrected chi connectivity index (χ4v) is 2.29. The molecule has 1 aromatic rings. The molecule has 0 aromatic heterocycles. The quantitative estimate of drug-likeness (QED) is 0.847. The molecule has 20 heavy (non-hydrogen) atoms. The van der Waals surface area contributed by atoms with E-state index in [1.54, 1.807) is 0 Å². The van der Waals surface area contributed by atoms with Gasteiger partial charge in [-0.15, -0.1) is 0 Å². The summed E-state index contributed by atoms with van der Waals surface area (Å²) in [6.45, 7) is 1.95. The third kappa shape index (κ3) is 4.27. The number of benzene rings is 1. The van der Waals surface area contributed by atoms with Crippen LogP contribution in [0.5, 0.6) is 0 Å². The molecule has 0 heterocycles. The van der Waals surface area contributed by atoms with Crippen molar-refractivity contribution in [3.05, 3.63) is 29.8 Å². The monoisotopic (exact) mass is 292 g/mol. The van der Waals surface area contributed by atoms with Crippen LogP contribution in [0.1, 0.15) is 31.4 Å². The molecular formula is C15H20N2O2S. The predicted octanol–water partition coefficient (Wildman–Crippen LogP) is 2.58. The first-order valence-electron chi connectivity index (χ1n) is 6.79. The number of anilines is 1. The van der Waals surface area contributed by atoms with Crippen molar-refractivity contribution >= 4 is 29.3 Å². The highest BCUT2D eigenvalue weighted by Crippen LogP contribution is 2.30. The van der Waals surface area contributed by atoms with Crippen LogP contribution in [0.25, 0.3) is 0 Å². The van der Waals surface area contributed by atoms with Crippen LogP contribution in [0.2, 0.25) is 0 Å². The molecule has 0 aliphatic heterocycles. The molecular weight excluding hydrogens is 272 g/mol. The average Bonchev–Trinajstić information content (AvgIpc) is 3.24. The number of carbonyl (C=O) groups excluding carboxylic acids is 2. The standard InChI is InChI=1S/C15H20N2O2S/c1-10(16-14(18)9-20-2)11-5-7-13(8-6-11)17-15(19)12-3-4-12/h5-8,10,12H,3-4,9H2,1-2H3,(H,16,18)(H,17,19)/t10-/m0/s1. The molecule has 2 rings (SSSR count). The molecule has 108 valence electrons. The van der Waals surface area contributed by atoms with Crippen molar-refractivity contribution in [1.82, 2.24) is 5.32 Å². The third-order valence-corrected chi connectivity index (χ3v) is 3.83.